The highest BCUT2D eigenvalue weighted by Crippen LogP contribution is 2.27. The molecular formula is C12H8BrN3O2. The van der Waals surface area contributed by atoms with Crippen molar-refractivity contribution in [1.82, 2.24) is 14.6 Å². The maximum absolute atomic E-state index is 12.0. The molecule has 0 amide bonds. The lowest BCUT2D eigenvalue weighted by Crippen LogP contribution is -2.12. The highest BCUT2D eigenvalue weighted by atomic mass is 79.9. The molecule has 90 valence electrons. The fourth-order valence-corrected chi connectivity index (χ4v) is 2.26. The fourth-order valence-electron chi connectivity index (χ4n) is 1.86. The Morgan fingerprint density at radius 2 is 2.17 bits per heavy atom. The van der Waals surface area contributed by atoms with Crippen molar-refractivity contribution < 1.29 is 5.11 Å². The van der Waals surface area contributed by atoms with E-state index in [1.807, 2.05) is 6.07 Å². The van der Waals surface area contributed by atoms with Crippen molar-refractivity contribution >= 4 is 21.6 Å². The lowest BCUT2D eigenvalue weighted by Gasteiger charge is -2.05. The van der Waals surface area contributed by atoms with Gasteiger partial charge in [0.25, 0.3) is 5.56 Å². The van der Waals surface area contributed by atoms with E-state index in [1.165, 1.54) is 10.7 Å². The molecule has 0 saturated carbocycles. The van der Waals surface area contributed by atoms with Gasteiger partial charge in [-0.25, -0.2) is 0 Å². The quantitative estimate of drug-likeness (QED) is 0.724. The van der Waals surface area contributed by atoms with Crippen LogP contribution in [0.4, 0.5) is 0 Å². The largest absolute Gasteiger partial charge is 0.493 e. The van der Waals surface area contributed by atoms with E-state index in [9.17, 15) is 9.90 Å². The number of benzene rings is 1. The molecule has 5 nitrogen and oxygen atoms in total. The van der Waals surface area contributed by atoms with E-state index in [-0.39, 0.29) is 17.0 Å². The lowest BCUT2D eigenvalue weighted by atomic mass is 10.1. The normalized spacial score (nSPS) is 10.9. The van der Waals surface area contributed by atoms with Crippen molar-refractivity contribution in [3.63, 3.8) is 0 Å². The summed E-state index contributed by atoms with van der Waals surface area (Å²) in [6.07, 6.45) is 1.51. The number of nitrogens with one attached hydrogen (secondary N) is 1. The second-order valence-electron chi connectivity index (χ2n) is 3.79. The first kappa shape index (κ1) is 11.0. The lowest BCUT2D eigenvalue weighted by molar-refractivity contribution is 0.437. The van der Waals surface area contributed by atoms with E-state index in [2.05, 4.69) is 26.0 Å². The number of nitrogens with zero attached hydrogens (tertiary/aromatic N) is 2. The van der Waals surface area contributed by atoms with Gasteiger partial charge in [-0.3, -0.25) is 4.79 Å². The van der Waals surface area contributed by atoms with Gasteiger partial charge in [0.1, 0.15) is 11.2 Å². The summed E-state index contributed by atoms with van der Waals surface area (Å²) in [6, 6.07) is 8.78. The first-order valence-corrected chi connectivity index (χ1v) is 6.01. The number of rotatable bonds is 1. The average Bonchev–Trinajstić information content (AvgIpc) is 2.77. The van der Waals surface area contributed by atoms with Crippen molar-refractivity contribution in [3.05, 3.63) is 51.4 Å². The number of hydrogen-bond donors (Lipinski definition) is 2. The van der Waals surface area contributed by atoms with Crippen molar-refractivity contribution in [1.29, 1.82) is 0 Å². The number of fused-ring (bicyclic) bond motifs is 1. The molecule has 0 atom stereocenters. The molecule has 0 aliphatic carbocycles. The maximum Gasteiger partial charge on any atom is 0.262 e. The van der Waals surface area contributed by atoms with Gasteiger partial charge in [0.2, 0.25) is 5.88 Å². The maximum atomic E-state index is 12.0. The summed E-state index contributed by atoms with van der Waals surface area (Å²) in [5, 5.41) is 14.1. The molecule has 0 saturated heterocycles. The van der Waals surface area contributed by atoms with Crippen LogP contribution in [0.1, 0.15) is 0 Å². The summed E-state index contributed by atoms with van der Waals surface area (Å²) < 4.78 is 2.12. The molecule has 0 aliphatic rings. The number of aromatic amines is 1. The van der Waals surface area contributed by atoms with Crippen LogP contribution in [0.15, 0.2) is 45.8 Å². The van der Waals surface area contributed by atoms with E-state index in [1.54, 1.807) is 24.3 Å². The Bertz CT molecular complexity index is 791. The Kier molecular flexibility index (Phi) is 2.45. The van der Waals surface area contributed by atoms with Gasteiger partial charge in [-0.2, -0.15) is 9.61 Å². The van der Waals surface area contributed by atoms with Crippen LogP contribution < -0.4 is 5.56 Å². The summed E-state index contributed by atoms with van der Waals surface area (Å²) in [5.74, 6) is -0.170. The van der Waals surface area contributed by atoms with Gasteiger partial charge < -0.3 is 10.1 Å². The molecule has 6 heteroatoms. The zero-order valence-corrected chi connectivity index (χ0v) is 10.7. The summed E-state index contributed by atoms with van der Waals surface area (Å²) >= 11 is 3.33. The molecule has 0 spiro atoms. The third-order valence-corrected chi connectivity index (χ3v) is 3.14. The van der Waals surface area contributed by atoms with Gasteiger partial charge in [0, 0.05) is 10.5 Å². The smallest absolute Gasteiger partial charge is 0.262 e. The molecule has 2 heterocycles. The van der Waals surface area contributed by atoms with Crippen LogP contribution in [0, 0.1) is 0 Å². The number of hydrogen-bond acceptors (Lipinski definition) is 3. The Morgan fingerprint density at radius 3 is 2.94 bits per heavy atom. The summed E-state index contributed by atoms with van der Waals surface area (Å²) in [6.45, 7) is 0. The van der Waals surface area contributed by atoms with Crippen LogP contribution in [-0.4, -0.2) is 19.7 Å². The minimum absolute atomic E-state index is 0.170. The standard InChI is InChI=1S/C12H8BrN3O2/c13-8-3-1-2-7(6-8)10-11(17)15-9-4-5-14-16(9)12(10)18/h1-6,18H,(H,15,17). The molecule has 3 aromatic rings. The Morgan fingerprint density at radius 1 is 1.33 bits per heavy atom. The predicted molar refractivity (Wildman–Crippen MR) is 70.6 cm³/mol. The van der Waals surface area contributed by atoms with Gasteiger partial charge >= 0.3 is 0 Å². The van der Waals surface area contributed by atoms with Crippen LogP contribution in [0.3, 0.4) is 0 Å². The van der Waals surface area contributed by atoms with Crippen molar-refractivity contribution in [2.24, 2.45) is 0 Å². The van der Waals surface area contributed by atoms with E-state index in [0.717, 1.165) is 4.47 Å². The van der Waals surface area contributed by atoms with E-state index >= 15 is 0 Å². The molecule has 3 rings (SSSR count). The van der Waals surface area contributed by atoms with Crippen molar-refractivity contribution in [2.75, 3.05) is 0 Å². The minimum Gasteiger partial charge on any atom is -0.493 e. The van der Waals surface area contributed by atoms with Gasteiger partial charge in [-0.05, 0) is 17.7 Å². The molecule has 0 fully saturated rings. The SMILES string of the molecule is O=c1[nH]c2ccnn2c(O)c1-c1cccc(Br)c1. The predicted octanol–water partition coefficient (Wildman–Crippen LogP) is 2.16. The Labute approximate surface area is 110 Å². The number of aromatic hydroxyl groups is 1. The molecule has 18 heavy (non-hydrogen) atoms. The average molecular weight is 306 g/mol. The topological polar surface area (TPSA) is 70.4 Å². The van der Waals surface area contributed by atoms with Crippen LogP contribution in [0.2, 0.25) is 0 Å². The van der Waals surface area contributed by atoms with E-state index in [0.29, 0.717) is 11.2 Å². The highest BCUT2D eigenvalue weighted by Gasteiger charge is 2.14. The first-order valence-electron chi connectivity index (χ1n) is 5.22. The molecule has 2 aromatic heterocycles. The first-order chi connectivity index (χ1) is 8.66. The van der Waals surface area contributed by atoms with E-state index < -0.39 is 0 Å². The molecule has 0 radical (unpaired) electrons. The van der Waals surface area contributed by atoms with Gasteiger partial charge in [-0.15, -0.1) is 0 Å². The Hall–Kier alpha value is -2.08. The molecule has 0 aliphatic heterocycles. The van der Waals surface area contributed by atoms with Crippen LogP contribution in [0.5, 0.6) is 5.88 Å². The van der Waals surface area contributed by atoms with Crippen LogP contribution in [0.25, 0.3) is 16.8 Å². The monoisotopic (exact) mass is 305 g/mol. The number of aromatic nitrogens is 3. The van der Waals surface area contributed by atoms with Gasteiger partial charge in [-0.1, -0.05) is 28.1 Å². The summed E-state index contributed by atoms with van der Waals surface area (Å²) in [5.41, 5.74) is 0.933. The number of H-pyrrole nitrogens is 1. The Balaban J connectivity index is 2.38. The zero-order chi connectivity index (χ0) is 12.7. The third kappa shape index (κ3) is 1.62. The molecule has 2 N–H and O–H groups in total. The summed E-state index contributed by atoms with van der Waals surface area (Å²) in [7, 11) is 0. The number of halogens is 1. The summed E-state index contributed by atoms with van der Waals surface area (Å²) in [4.78, 5) is 14.7. The second-order valence-corrected chi connectivity index (χ2v) is 4.71. The fraction of sp³-hybridized carbons (Fsp3) is 0. The minimum atomic E-state index is -0.349. The van der Waals surface area contributed by atoms with Crippen molar-refractivity contribution in [3.8, 4) is 17.0 Å². The molecule has 0 unspecified atom stereocenters. The van der Waals surface area contributed by atoms with Gasteiger partial charge in [0.15, 0.2) is 0 Å². The van der Waals surface area contributed by atoms with E-state index in [4.69, 9.17) is 0 Å². The highest BCUT2D eigenvalue weighted by molar-refractivity contribution is 9.10. The van der Waals surface area contributed by atoms with Crippen LogP contribution >= 0.6 is 15.9 Å². The van der Waals surface area contributed by atoms with Gasteiger partial charge in [0.05, 0.1) is 6.20 Å². The zero-order valence-electron chi connectivity index (χ0n) is 9.09. The van der Waals surface area contributed by atoms with Crippen molar-refractivity contribution in [2.45, 2.75) is 0 Å². The molecular weight excluding hydrogens is 298 g/mol. The molecule has 1 aromatic carbocycles. The molecule has 0 bridgehead atoms. The third-order valence-electron chi connectivity index (χ3n) is 2.65. The second kappa shape index (κ2) is 3.99. The van der Waals surface area contributed by atoms with Crippen LogP contribution in [-0.2, 0) is 0 Å².